The number of hydrogen-bond acceptors (Lipinski definition) is 3. The van der Waals surface area contributed by atoms with Gasteiger partial charge in [0.2, 0.25) is 11.8 Å². The summed E-state index contributed by atoms with van der Waals surface area (Å²) >= 11 is 6.09. The minimum Gasteiger partial charge on any atom is -0.495 e. The summed E-state index contributed by atoms with van der Waals surface area (Å²) in [6.07, 6.45) is 0. The van der Waals surface area contributed by atoms with E-state index >= 15 is 0 Å². The van der Waals surface area contributed by atoms with Gasteiger partial charge in [-0.2, -0.15) is 0 Å². The Balaban J connectivity index is 2.20. The average Bonchev–Trinajstić information content (AvgIpc) is 2.59. The summed E-state index contributed by atoms with van der Waals surface area (Å²) in [6, 6.07) is 10.7. The van der Waals surface area contributed by atoms with Crippen molar-refractivity contribution in [1.29, 1.82) is 0 Å². The van der Waals surface area contributed by atoms with Crippen molar-refractivity contribution in [2.45, 2.75) is 27.7 Å². The van der Waals surface area contributed by atoms with Gasteiger partial charge in [-0.05, 0) is 63.1 Å². The molecule has 2 amide bonds. The van der Waals surface area contributed by atoms with Gasteiger partial charge in [0.1, 0.15) is 11.2 Å². The molecule has 0 aliphatic rings. The van der Waals surface area contributed by atoms with Crippen molar-refractivity contribution in [2.24, 2.45) is 5.41 Å². The van der Waals surface area contributed by atoms with Gasteiger partial charge in [0.05, 0.1) is 12.8 Å². The zero-order valence-corrected chi connectivity index (χ0v) is 16.3. The Morgan fingerprint density at radius 3 is 2.23 bits per heavy atom. The van der Waals surface area contributed by atoms with E-state index in [1.54, 1.807) is 44.2 Å². The summed E-state index contributed by atoms with van der Waals surface area (Å²) in [4.78, 5) is 25.4. The maximum Gasteiger partial charge on any atom is 0.239 e. The number of hydrogen-bond donors (Lipinski definition) is 2. The first-order chi connectivity index (χ1) is 12.2. The summed E-state index contributed by atoms with van der Waals surface area (Å²) in [5.74, 6) is -0.323. The predicted molar refractivity (Wildman–Crippen MR) is 105 cm³/mol. The van der Waals surface area contributed by atoms with Crippen LogP contribution in [0.5, 0.6) is 5.75 Å². The van der Waals surface area contributed by atoms with Gasteiger partial charge < -0.3 is 15.4 Å². The van der Waals surface area contributed by atoms with Crippen molar-refractivity contribution in [3.8, 4) is 5.75 Å². The number of amides is 2. The zero-order valence-electron chi connectivity index (χ0n) is 15.6. The molecule has 6 heteroatoms. The Morgan fingerprint density at radius 1 is 1.00 bits per heavy atom. The number of ether oxygens (including phenoxy) is 1. The van der Waals surface area contributed by atoms with Crippen molar-refractivity contribution < 1.29 is 14.3 Å². The first kappa shape index (κ1) is 19.8. The van der Waals surface area contributed by atoms with Gasteiger partial charge in [0, 0.05) is 10.7 Å². The summed E-state index contributed by atoms with van der Waals surface area (Å²) in [5, 5.41) is 6.12. The fraction of sp³-hybridized carbons (Fsp3) is 0.300. The van der Waals surface area contributed by atoms with Gasteiger partial charge in [0.25, 0.3) is 0 Å². The van der Waals surface area contributed by atoms with Crippen LogP contribution < -0.4 is 15.4 Å². The molecule has 2 N–H and O–H groups in total. The number of carbonyl (C=O) groups excluding carboxylic acids is 2. The molecule has 138 valence electrons. The number of rotatable bonds is 5. The van der Waals surface area contributed by atoms with E-state index in [9.17, 15) is 9.59 Å². The molecular formula is C20H23ClN2O3. The van der Waals surface area contributed by atoms with Crippen molar-refractivity contribution in [1.82, 2.24) is 0 Å². The standard InChI is InChI=1S/C20H23ClN2O3/c1-12-9-10-17(26-5)16(11-12)23-19(25)20(3,4)18(24)22-15-8-6-7-14(21)13(15)2/h6-11H,1-5H3,(H,22,24)(H,23,25). The molecule has 0 unspecified atom stereocenters. The molecule has 0 saturated carbocycles. The lowest BCUT2D eigenvalue weighted by atomic mass is 9.90. The second-order valence-corrected chi connectivity index (χ2v) is 7.06. The van der Waals surface area contributed by atoms with Crippen LogP contribution in [0.4, 0.5) is 11.4 Å². The molecule has 2 aromatic carbocycles. The van der Waals surface area contributed by atoms with Crippen LogP contribution in [0.25, 0.3) is 0 Å². The highest BCUT2D eigenvalue weighted by atomic mass is 35.5. The lowest BCUT2D eigenvalue weighted by molar-refractivity contribution is -0.135. The maximum atomic E-state index is 12.7. The van der Waals surface area contributed by atoms with Crippen LogP contribution >= 0.6 is 11.6 Å². The Labute approximate surface area is 158 Å². The van der Waals surface area contributed by atoms with E-state index in [0.29, 0.717) is 22.1 Å². The molecule has 2 aromatic rings. The molecule has 0 aromatic heterocycles. The normalized spacial score (nSPS) is 11.0. The van der Waals surface area contributed by atoms with Crippen molar-refractivity contribution in [3.05, 3.63) is 52.5 Å². The van der Waals surface area contributed by atoms with Gasteiger partial charge in [-0.3, -0.25) is 9.59 Å². The van der Waals surface area contributed by atoms with E-state index in [4.69, 9.17) is 16.3 Å². The molecule has 0 bridgehead atoms. The lowest BCUT2D eigenvalue weighted by Gasteiger charge is -2.24. The molecule has 0 radical (unpaired) electrons. The smallest absolute Gasteiger partial charge is 0.239 e. The molecule has 0 saturated heterocycles. The molecule has 26 heavy (non-hydrogen) atoms. The van der Waals surface area contributed by atoms with Crippen LogP contribution in [0.1, 0.15) is 25.0 Å². The van der Waals surface area contributed by atoms with E-state index < -0.39 is 17.2 Å². The third-order valence-electron chi connectivity index (χ3n) is 4.25. The Kier molecular flexibility index (Phi) is 5.93. The van der Waals surface area contributed by atoms with E-state index in [-0.39, 0.29) is 0 Å². The summed E-state index contributed by atoms with van der Waals surface area (Å²) in [6.45, 7) is 6.86. The number of halogens is 1. The van der Waals surface area contributed by atoms with Crippen LogP contribution in [-0.4, -0.2) is 18.9 Å². The second kappa shape index (κ2) is 7.79. The van der Waals surface area contributed by atoms with E-state index in [1.807, 2.05) is 19.9 Å². The zero-order chi connectivity index (χ0) is 19.5. The molecule has 0 aliphatic heterocycles. The van der Waals surface area contributed by atoms with Crippen LogP contribution in [0, 0.1) is 19.3 Å². The SMILES string of the molecule is COc1ccc(C)cc1NC(=O)C(C)(C)C(=O)Nc1cccc(Cl)c1C. The van der Waals surface area contributed by atoms with E-state index in [1.165, 1.54) is 7.11 Å². The van der Waals surface area contributed by atoms with Crippen LogP contribution in [0.3, 0.4) is 0 Å². The first-order valence-electron chi connectivity index (χ1n) is 8.19. The summed E-state index contributed by atoms with van der Waals surface area (Å²) in [5.41, 5.74) is 1.52. The van der Waals surface area contributed by atoms with Gasteiger partial charge >= 0.3 is 0 Å². The van der Waals surface area contributed by atoms with E-state index in [0.717, 1.165) is 11.1 Å². The monoisotopic (exact) mass is 374 g/mol. The van der Waals surface area contributed by atoms with Crippen LogP contribution in [-0.2, 0) is 9.59 Å². The third-order valence-corrected chi connectivity index (χ3v) is 4.66. The lowest BCUT2D eigenvalue weighted by Crippen LogP contribution is -2.41. The molecule has 0 atom stereocenters. The molecule has 2 rings (SSSR count). The molecule has 0 spiro atoms. The van der Waals surface area contributed by atoms with Crippen molar-refractivity contribution in [3.63, 3.8) is 0 Å². The number of carbonyl (C=O) groups is 2. The fourth-order valence-electron chi connectivity index (χ4n) is 2.32. The van der Waals surface area contributed by atoms with Gasteiger partial charge in [0.15, 0.2) is 0 Å². The van der Waals surface area contributed by atoms with Gasteiger partial charge in [-0.1, -0.05) is 23.7 Å². The molecular weight excluding hydrogens is 352 g/mol. The highest BCUT2D eigenvalue weighted by molar-refractivity contribution is 6.31. The average molecular weight is 375 g/mol. The minimum atomic E-state index is -1.30. The van der Waals surface area contributed by atoms with Crippen molar-refractivity contribution >= 4 is 34.8 Å². The number of nitrogens with one attached hydrogen (secondary N) is 2. The summed E-state index contributed by atoms with van der Waals surface area (Å²) < 4.78 is 5.27. The Bertz CT molecular complexity index is 847. The minimum absolute atomic E-state index is 0.424. The Hall–Kier alpha value is -2.53. The Morgan fingerprint density at radius 2 is 1.62 bits per heavy atom. The van der Waals surface area contributed by atoms with Crippen LogP contribution in [0.2, 0.25) is 5.02 Å². The number of methoxy groups -OCH3 is 1. The highest BCUT2D eigenvalue weighted by Crippen LogP contribution is 2.29. The number of anilines is 2. The molecule has 0 heterocycles. The molecule has 0 aliphatic carbocycles. The number of aryl methyl sites for hydroxylation is 1. The fourth-order valence-corrected chi connectivity index (χ4v) is 2.50. The topological polar surface area (TPSA) is 67.4 Å². The summed E-state index contributed by atoms with van der Waals surface area (Å²) in [7, 11) is 1.53. The molecule has 5 nitrogen and oxygen atoms in total. The first-order valence-corrected chi connectivity index (χ1v) is 8.57. The molecule has 0 fully saturated rings. The maximum absolute atomic E-state index is 12.7. The largest absolute Gasteiger partial charge is 0.495 e. The van der Waals surface area contributed by atoms with Crippen LogP contribution in [0.15, 0.2) is 36.4 Å². The van der Waals surface area contributed by atoms with E-state index in [2.05, 4.69) is 10.6 Å². The van der Waals surface area contributed by atoms with Crippen molar-refractivity contribution in [2.75, 3.05) is 17.7 Å². The third kappa shape index (κ3) is 4.17. The van der Waals surface area contributed by atoms with Gasteiger partial charge in [-0.25, -0.2) is 0 Å². The second-order valence-electron chi connectivity index (χ2n) is 6.65. The van der Waals surface area contributed by atoms with Gasteiger partial charge in [-0.15, -0.1) is 0 Å². The number of benzene rings is 2. The highest BCUT2D eigenvalue weighted by Gasteiger charge is 2.36. The quantitative estimate of drug-likeness (QED) is 0.753. The predicted octanol–water partition coefficient (Wildman–Crippen LogP) is 4.57.